The first-order chi connectivity index (χ1) is 8.76. The first kappa shape index (κ1) is 26.3. The van der Waals surface area contributed by atoms with Crippen LogP contribution in [-0.2, 0) is 25.8 Å². The third-order valence-corrected chi connectivity index (χ3v) is 3.57. The Labute approximate surface area is 162 Å². The molecule has 0 bridgehead atoms. The second kappa shape index (κ2) is 15.3. The molecule has 0 saturated carbocycles. The summed E-state index contributed by atoms with van der Waals surface area (Å²) in [5.74, 6) is 0. The molecule has 0 N–H and O–H groups in total. The van der Waals surface area contributed by atoms with Crippen LogP contribution in [0.1, 0.15) is 66.2 Å². The van der Waals surface area contributed by atoms with Gasteiger partial charge in [0, 0.05) is 25.8 Å². The molecule has 3 heteroatoms. The van der Waals surface area contributed by atoms with Gasteiger partial charge in [0.2, 0.25) is 0 Å². The zero-order valence-electron chi connectivity index (χ0n) is 13.7. The fourth-order valence-corrected chi connectivity index (χ4v) is 2.49. The molecule has 0 amide bonds. The number of hydrogen-bond donors (Lipinski definition) is 0. The minimum Gasteiger partial charge on any atom is -0.269 e. The molecule has 0 unspecified atom stereocenters. The molecular formula is C18H28Cl2Hf-2. The molecule has 0 nitrogen and oxygen atoms in total. The maximum absolute atomic E-state index is 3.33. The molecule has 0 aliphatic heterocycles. The molecule has 0 heterocycles. The van der Waals surface area contributed by atoms with E-state index in [2.05, 4.69) is 52.0 Å². The van der Waals surface area contributed by atoms with Crippen molar-refractivity contribution in [3.8, 4) is 0 Å². The third kappa shape index (κ3) is 8.57. The van der Waals surface area contributed by atoms with E-state index in [1.807, 2.05) is 0 Å². The van der Waals surface area contributed by atoms with Gasteiger partial charge in [-0.15, -0.1) is 37.7 Å². The van der Waals surface area contributed by atoms with E-state index in [1.54, 1.807) is 0 Å². The summed E-state index contributed by atoms with van der Waals surface area (Å²) in [6.07, 6.45) is 18.0. The van der Waals surface area contributed by atoms with Crippen molar-refractivity contribution in [3.63, 3.8) is 0 Å². The number of rotatable bonds is 4. The first-order valence-corrected chi connectivity index (χ1v) is 7.34. The maximum atomic E-state index is 3.33. The average Bonchev–Trinajstić information content (AvgIpc) is 3.06. The van der Waals surface area contributed by atoms with Gasteiger partial charge in [-0.2, -0.15) is 23.3 Å². The second-order valence-corrected chi connectivity index (χ2v) is 4.59. The van der Waals surface area contributed by atoms with Crippen molar-refractivity contribution in [2.45, 2.75) is 66.2 Å². The van der Waals surface area contributed by atoms with Crippen LogP contribution in [0.2, 0.25) is 0 Å². The Hall–Kier alpha value is 0.410. The maximum Gasteiger partial charge on any atom is 0 e. The molecule has 0 fully saturated rings. The molecule has 0 radical (unpaired) electrons. The van der Waals surface area contributed by atoms with Gasteiger partial charge in [-0.25, -0.2) is 11.1 Å². The molecule has 120 valence electrons. The predicted molar refractivity (Wildman–Crippen MR) is 94.6 cm³/mol. The van der Waals surface area contributed by atoms with Crippen LogP contribution < -0.4 is 0 Å². The van der Waals surface area contributed by atoms with Gasteiger partial charge < -0.3 is 0 Å². The standard InChI is InChI=1S/2C9H13.2ClH.Hf/c2*1-3-8-6-5-7-9(8)4-2;;;/h2*6H,3-5H2,1-2H3;2*1H;/q2*-1;;;. The molecule has 0 atom stereocenters. The Bertz CT molecular complexity index is 316. The van der Waals surface area contributed by atoms with Gasteiger partial charge in [0.1, 0.15) is 0 Å². The molecule has 21 heavy (non-hydrogen) atoms. The molecular weight excluding hydrogens is 466 g/mol. The van der Waals surface area contributed by atoms with Gasteiger partial charge in [-0.1, -0.05) is 53.4 Å². The van der Waals surface area contributed by atoms with Crippen LogP contribution in [0.15, 0.2) is 34.4 Å². The van der Waals surface area contributed by atoms with E-state index in [9.17, 15) is 0 Å². The van der Waals surface area contributed by atoms with Gasteiger partial charge >= 0.3 is 0 Å². The van der Waals surface area contributed by atoms with Crippen LogP contribution in [0.3, 0.4) is 0 Å². The quantitative estimate of drug-likeness (QED) is 0.307. The van der Waals surface area contributed by atoms with E-state index in [0.29, 0.717) is 0 Å². The molecule has 0 spiro atoms. The van der Waals surface area contributed by atoms with Crippen LogP contribution in [0, 0.1) is 12.2 Å². The Morgan fingerprint density at radius 3 is 1.24 bits per heavy atom. The number of allylic oxidation sites excluding steroid dienone is 8. The van der Waals surface area contributed by atoms with Gasteiger partial charge in [0.25, 0.3) is 0 Å². The smallest absolute Gasteiger partial charge is 0 e. The summed E-state index contributed by atoms with van der Waals surface area (Å²) in [5, 5.41) is 0. The van der Waals surface area contributed by atoms with Crippen molar-refractivity contribution in [2.24, 2.45) is 0 Å². The van der Waals surface area contributed by atoms with E-state index in [1.165, 1.54) is 35.1 Å². The van der Waals surface area contributed by atoms with Crippen molar-refractivity contribution < 1.29 is 25.8 Å². The van der Waals surface area contributed by atoms with E-state index >= 15 is 0 Å². The van der Waals surface area contributed by atoms with Crippen molar-refractivity contribution in [2.75, 3.05) is 0 Å². The van der Waals surface area contributed by atoms with E-state index in [0.717, 1.165) is 25.7 Å². The molecule has 0 saturated heterocycles. The molecule has 2 aliphatic carbocycles. The molecule has 2 aliphatic rings. The Morgan fingerprint density at radius 2 is 1.05 bits per heavy atom. The van der Waals surface area contributed by atoms with Crippen molar-refractivity contribution in [3.05, 3.63) is 46.6 Å². The van der Waals surface area contributed by atoms with E-state index in [-0.39, 0.29) is 50.7 Å². The molecule has 2 rings (SSSR count). The minimum absolute atomic E-state index is 0. The Balaban J connectivity index is -0.000000270. The van der Waals surface area contributed by atoms with Crippen molar-refractivity contribution in [1.82, 2.24) is 0 Å². The number of halogens is 2. The zero-order valence-corrected chi connectivity index (χ0v) is 18.9. The van der Waals surface area contributed by atoms with E-state index in [4.69, 9.17) is 0 Å². The zero-order chi connectivity index (χ0) is 13.4. The largest absolute Gasteiger partial charge is 0.269 e. The van der Waals surface area contributed by atoms with Crippen LogP contribution in [0.25, 0.3) is 0 Å². The summed E-state index contributed by atoms with van der Waals surface area (Å²) in [4.78, 5) is 0. The fraction of sp³-hybridized carbons (Fsp3) is 0.556. The minimum atomic E-state index is 0. The Kier molecular flexibility index (Phi) is 19.2. The summed E-state index contributed by atoms with van der Waals surface area (Å²) in [5.41, 5.74) is 5.91. The second-order valence-electron chi connectivity index (χ2n) is 4.59. The van der Waals surface area contributed by atoms with Crippen molar-refractivity contribution in [1.29, 1.82) is 0 Å². The van der Waals surface area contributed by atoms with Gasteiger partial charge in [0.15, 0.2) is 0 Å². The van der Waals surface area contributed by atoms with Gasteiger partial charge in [-0.05, 0) is 0 Å². The normalized spacial score (nSPS) is 15.0. The molecule has 0 aromatic heterocycles. The summed E-state index contributed by atoms with van der Waals surface area (Å²) in [6.45, 7) is 8.79. The monoisotopic (exact) mass is 494 g/mol. The fourth-order valence-electron chi connectivity index (χ4n) is 2.49. The molecule has 0 aromatic rings. The van der Waals surface area contributed by atoms with Crippen molar-refractivity contribution >= 4 is 24.8 Å². The van der Waals surface area contributed by atoms with Crippen LogP contribution in [0.5, 0.6) is 0 Å². The average molecular weight is 494 g/mol. The van der Waals surface area contributed by atoms with Crippen LogP contribution in [-0.4, -0.2) is 0 Å². The van der Waals surface area contributed by atoms with Crippen LogP contribution in [0.4, 0.5) is 0 Å². The molecule has 0 aromatic carbocycles. The summed E-state index contributed by atoms with van der Waals surface area (Å²) < 4.78 is 0. The predicted octanol–water partition coefficient (Wildman–Crippen LogP) is 6.57. The SMILES string of the molecule is CCC1=[C-]CC=C1CC.CCC1=[C-]CC=C1CC.Cl.Cl.[Hf]. The topological polar surface area (TPSA) is 0 Å². The summed E-state index contributed by atoms with van der Waals surface area (Å²) in [6, 6.07) is 0. The van der Waals surface area contributed by atoms with Gasteiger partial charge in [0.05, 0.1) is 0 Å². The van der Waals surface area contributed by atoms with E-state index < -0.39 is 0 Å². The van der Waals surface area contributed by atoms with Crippen LogP contribution >= 0.6 is 24.8 Å². The Morgan fingerprint density at radius 1 is 0.714 bits per heavy atom. The van der Waals surface area contributed by atoms with Gasteiger partial charge in [-0.3, -0.25) is 12.2 Å². The number of hydrogen-bond acceptors (Lipinski definition) is 0. The summed E-state index contributed by atoms with van der Waals surface area (Å²) in [7, 11) is 0. The first-order valence-electron chi connectivity index (χ1n) is 7.34. The third-order valence-electron chi connectivity index (χ3n) is 3.57. The summed E-state index contributed by atoms with van der Waals surface area (Å²) >= 11 is 0.